The predicted molar refractivity (Wildman–Crippen MR) is 76.6 cm³/mol. The summed E-state index contributed by atoms with van der Waals surface area (Å²) in [4.78, 5) is 33.0. The Morgan fingerprint density at radius 2 is 1.74 bits per heavy atom. The summed E-state index contributed by atoms with van der Waals surface area (Å²) >= 11 is 0. The van der Waals surface area contributed by atoms with E-state index in [1.165, 1.54) is 31.2 Å². The molecule has 0 unspecified atom stereocenters. The molecule has 23 heavy (non-hydrogen) atoms. The monoisotopic (exact) mass is 325 g/mol. The lowest BCUT2D eigenvalue weighted by atomic mass is 10.0. The second-order valence-corrected chi connectivity index (χ2v) is 4.63. The van der Waals surface area contributed by atoms with E-state index < -0.39 is 24.2 Å². The van der Waals surface area contributed by atoms with E-state index in [4.69, 9.17) is 0 Å². The summed E-state index contributed by atoms with van der Waals surface area (Å²) in [5.74, 6) is 2.49. The van der Waals surface area contributed by atoms with E-state index in [0.717, 1.165) is 0 Å². The Kier molecular flexibility index (Phi) is 6.51. The first kappa shape index (κ1) is 18.4. The van der Waals surface area contributed by atoms with Gasteiger partial charge in [0.1, 0.15) is 0 Å². The number of halogens is 3. The Labute approximate surface area is 131 Å². The van der Waals surface area contributed by atoms with Gasteiger partial charge in [0.15, 0.2) is 5.78 Å². The normalized spacial score (nSPS) is 10.4. The minimum absolute atomic E-state index is 0.0198. The van der Waals surface area contributed by atoms with Crippen LogP contribution < -0.4 is 5.32 Å². The lowest BCUT2D eigenvalue weighted by Gasteiger charge is -2.04. The number of benzene rings is 1. The van der Waals surface area contributed by atoms with Crippen molar-refractivity contribution in [3.63, 3.8) is 0 Å². The molecule has 1 aromatic carbocycles. The molecule has 1 amide bonds. The maximum absolute atomic E-state index is 12.1. The van der Waals surface area contributed by atoms with Crippen LogP contribution in [-0.2, 0) is 9.59 Å². The number of alkyl halides is 3. The van der Waals surface area contributed by atoms with Gasteiger partial charge in [-0.3, -0.25) is 14.4 Å². The van der Waals surface area contributed by atoms with Gasteiger partial charge in [-0.15, -0.1) is 0 Å². The summed E-state index contributed by atoms with van der Waals surface area (Å²) in [6.07, 6.45) is -5.76. The van der Waals surface area contributed by atoms with Crippen molar-refractivity contribution in [3.05, 3.63) is 35.4 Å². The van der Waals surface area contributed by atoms with E-state index in [1.54, 1.807) is 0 Å². The summed E-state index contributed by atoms with van der Waals surface area (Å²) in [5.41, 5.74) is 0.595. The van der Waals surface area contributed by atoms with Gasteiger partial charge in [-0.2, -0.15) is 13.2 Å². The summed E-state index contributed by atoms with van der Waals surface area (Å²) in [6, 6.07) is 5.61. The molecule has 0 saturated heterocycles. The quantitative estimate of drug-likeness (QED) is 0.391. The first-order valence-corrected chi connectivity index (χ1v) is 6.66. The third kappa shape index (κ3) is 6.78. The highest BCUT2D eigenvalue weighted by atomic mass is 19.4. The first-order chi connectivity index (χ1) is 10.7. The fraction of sp³-hybridized carbons (Fsp3) is 0.312. The van der Waals surface area contributed by atoms with Crippen LogP contribution in [0.4, 0.5) is 13.2 Å². The molecule has 0 aromatic heterocycles. The van der Waals surface area contributed by atoms with Crippen LogP contribution in [0.15, 0.2) is 24.3 Å². The predicted octanol–water partition coefficient (Wildman–Crippen LogP) is 2.27. The lowest BCUT2D eigenvalue weighted by molar-refractivity contribution is -0.170. The zero-order valence-electron chi connectivity index (χ0n) is 12.3. The van der Waals surface area contributed by atoms with E-state index in [2.05, 4.69) is 17.2 Å². The van der Waals surface area contributed by atoms with Crippen molar-refractivity contribution in [2.75, 3.05) is 6.54 Å². The molecule has 0 aliphatic heterocycles. The van der Waals surface area contributed by atoms with E-state index in [-0.39, 0.29) is 11.5 Å². The highest BCUT2D eigenvalue weighted by Gasteiger charge is 2.39. The van der Waals surface area contributed by atoms with E-state index in [1.807, 2.05) is 0 Å². The summed E-state index contributed by atoms with van der Waals surface area (Å²) in [7, 11) is 0. The molecular weight excluding hydrogens is 311 g/mol. The number of amides is 1. The van der Waals surface area contributed by atoms with Crippen molar-refractivity contribution < 1.29 is 27.6 Å². The highest BCUT2D eigenvalue weighted by molar-refractivity contribution is 6.09. The second kappa shape index (κ2) is 8.13. The standard InChI is InChI=1S/C16H14F3NO3/c1-11(21)20-9-3-2-4-12-5-7-13(8-6-12)14(22)10-15(23)16(17,18)19/h5-8H,3,9-10H2,1H3,(H,20,21). The molecule has 0 bridgehead atoms. The molecule has 4 nitrogen and oxygen atoms in total. The zero-order chi connectivity index (χ0) is 17.5. The minimum Gasteiger partial charge on any atom is -0.355 e. The smallest absolute Gasteiger partial charge is 0.355 e. The van der Waals surface area contributed by atoms with Gasteiger partial charge in [0.25, 0.3) is 0 Å². The number of carbonyl (C=O) groups excluding carboxylic acids is 3. The maximum Gasteiger partial charge on any atom is 0.450 e. The number of rotatable bonds is 5. The van der Waals surface area contributed by atoms with Crippen LogP contribution in [0.2, 0.25) is 0 Å². The Hall–Kier alpha value is -2.62. The lowest BCUT2D eigenvalue weighted by Crippen LogP contribution is -2.25. The second-order valence-electron chi connectivity index (χ2n) is 4.63. The van der Waals surface area contributed by atoms with Crippen LogP contribution >= 0.6 is 0 Å². The molecule has 0 radical (unpaired) electrons. The van der Waals surface area contributed by atoms with E-state index >= 15 is 0 Å². The van der Waals surface area contributed by atoms with E-state index in [0.29, 0.717) is 18.5 Å². The van der Waals surface area contributed by atoms with Crippen molar-refractivity contribution in [1.29, 1.82) is 0 Å². The molecule has 0 spiro atoms. The average molecular weight is 325 g/mol. The molecule has 122 valence electrons. The Morgan fingerprint density at radius 3 is 2.26 bits per heavy atom. The molecule has 7 heteroatoms. The number of hydrogen-bond donors (Lipinski definition) is 1. The summed E-state index contributed by atoms with van der Waals surface area (Å²) in [5, 5.41) is 2.58. The van der Waals surface area contributed by atoms with Gasteiger partial charge in [-0.25, -0.2) is 0 Å². The molecule has 0 aliphatic rings. The molecule has 0 aliphatic carbocycles. The molecule has 1 N–H and O–H groups in total. The number of Topliss-reactive ketones (excluding diaryl/α,β-unsaturated/α-hetero) is 2. The van der Waals surface area contributed by atoms with Gasteiger partial charge < -0.3 is 5.32 Å². The number of nitrogens with one attached hydrogen (secondary N) is 1. The Morgan fingerprint density at radius 1 is 1.13 bits per heavy atom. The maximum atomic E-state index is 12.1. The minimum atomic E-state index is -5.00. The summed E-state index contributed by atoms with van der Waals surface area (Å²) in [6.45, 7) is 1.81. The number of carbonyl (C=O) groups is 3. The van der Waals surface area contributed by atoms with Crippen molar-refractivity contribution in [1.82, 2.24) is 5.32 Å². The number of ketones is 2. The van der Waals surface area contributed by atoms with Crippen molar-refractivity contribution in [3.8, 4) is 11.8 Å². The van der Waals surface area contributed by atoms with Gasteiger partial charge >= 0.3 is 6.18 Å². The fourth-order valence-electron chi connectivity index (χ4n) is 1.55. The van der Waals surface area contributed by atoms with Crippen LogP contribution in [0, 0.1) is 11.8 Å². The Bertz CT molecular complexity index is 652. The number of hydrogen-bond acceptors (Lipinski definition) is 3. The molecule has 1 rings (SSSR count). The van der Waals surface area contributed by atoms with E-state index in [9.17, 15) is 27.6 Å². The van der Waals surface area contributed by atoms with Gasteiger partial charge in [-0.05, 0) is 12.1 Å². The van der Waals surface area contributed by atoms with Crippen LogP contribution in [-0.4, -0.2) is 30.2 Å². The van der Waals surface area contributed by atoms with Crippen LogP contribution in [0.25, 0.3) is 0 Å². The molecule has 0 atom stereocenters. The molecular formula is C16H14F3NO3. The topological polar surface area (TPSA) is 63.2 Å². The fourth-order valence-corrected chi connectivity index (χ4v) is 1.55. The zero-order valence-corrected chi connectivity index (χ0v) is 12.3. The third-order valence-corrected chi connectivity index (χ3v) is 2.70. The molecule has 0 saturated carbocycles. The van der Waals surface area contributed by atoms with Crippen LogP contribution in [0.1, 0.15) is 35.7 Å². The average Bonchev–Trinajstić information content (AvgIpc) is 2.46. The van der Waals surface area contributed by atoms with Gasteiger partial charge in [0.05, 0.1) is 6.42 Å². The van der Waals surface area contributed by atoms with Gasteiger partial charge in [-0.1, -0.05) is 24.0 Å². The van der Waals surface area contributed by atoms with Crippen molar-refractivity contribution in [2.45, 2.75) is 25.9 Å². The van der Waals surface area contributed by atoms with Crippen molar-refractivity contribution in [2.24, 2.45) is 0 Å². The summed E-state index contributed by atoms with van der Waals surface area (Å²) < 4.78 is 36.3. The highest BCUT2D eigenvalue weighted by Crippen LogP contribution is 2.19. The first-order valence-electron chi connectivity index (χ1n) is 6.66. The SMILES string of the molecule is CC(=O)NCCC#Cc1ccc(C(=O)CC(=O)C(F)(F)F)cc1. The Balaban J connectivity index is 2.59. The molecule has 1 aromatic rings. The van der Waals surface area contributed by atoms with Gasteiger partial charge in [0.2, 0.25) is 11.7 Å². The van der Waals surface area contributed by atoms with Gasteiger partial charge in [0, 0.05) is 31.0 Å². The molecule has 0 fully saturated rings. The largest absolute Gasteiger partial charge is 0.450 e. The van der Waals surface area contributed by atoms with Crippen LogP contribution in [0.3, 0.4) is 0 Å². The van der Waals surface area contributed by atoms with Crippen molar-refractivity contribution >= 4 is 17.5 Å². The van der Waals surface area contributed by atoms with Crippen LogP contribution in [0.5, 0.6) is 0 Å². The molecule has 0 heterocycles. The third-order valence-electron chi connectivity index (χ3n) is 2.70.